The second-order valence-electron chi connectivity index (χ2n) is 6.52. The van der Waals surface area contributed by atoms with E-state index in [-0.39, 0.29) is 12.0 Å². The Morgan fingerprint density at radius 3 is 2.52 bits per heavy atom. The molecule has 3 rings (SSSR count). The van der Waals surface area contributed by atoms with E-state index in [4.69, 9.17) is 16.3 Å². The molecule has 1 amide bonds. The SMILES string of the molecule is Cc1ccc(C(NC(=O)c2ccc(OC(C)C)c(Cl)c2)c2cn[nH]n2)cc1. The number of aromatic amines is 1. The minimum Gasteiger partial charge on any atom is -0.489 e. The average molecular weight is 385 g/mol. The van der Waals surface area contributed by atoms with Crippen molar-refractivity contribution in [1.29, 1.82) is 0 Å². The van der Waals surface area contributed by atoms with Crippen LogP contribution in [0.4, 0.5) is 0 Å². The number of carbonyl (C=O) groups excluding carboxylic acids is 1. The van der Waals surface area contributed by atoms with Crippen molar-refractivity contribution < 1.29 is 9.53 Å². The molecule has 1 unspecified atom stereocenters. The van der Waals surface area contributed by atoms with Crippen LogP contribution in [-0.4, -0.2) is 27.4 Å². The number of H-pyrrole nitrogens is 1. The number of benzene rings is 2. The van der Waals surface area contributed by atoms with E-state index in [1.54, 1.807) is 24.4 Å². The molecule has 1 atom stereocenters. The van der Waals surface area contributed by atoms with Crippen LogP contribution in [0.5, 0.6) is 5.75 Å². The van der Waals surface area contributed by atoms with Crippen LogP contribution in [0, 0.1) is 6.92 Å². The van der Waals surface area contributed by atoms with Gasteiger partial charge in [-0.25, -0.2) is 0 Å². The maximum absolute atomic E-state index is 12.8. The van der Waals surface area contributed by atoms with Crippen LogP contribution in [0.25, 0.3) is 0 Å². The molecular weight excluding hydrogens is 364 g/mol. The molecule has 6 nitrogen and oxygen atoms in total. The van der Waals surface area contributed by atoms with Crippen LogP contribution in [0.3, 0.4) is 0 Å². The van der Waals surface area contributed by atoms with Gasteiger partial charge in [0.15, 0.2) is 0 Å². The van der Waals surface area contributed by atoms with Gasteiger partial charge in [-0.15, -0.1) is 0 Å². The number of aromatic nitrogens is 3. The summed E-state index contributed by atoms with van der Waals surface area (Å²) in [5, 5.41) is 14.0. The highest BCUT2D eigenvalue weighted by atomic mass is 35.5. The van der Waals surface area contributed by atoms with Crippen molar-refractivity contribution in [1.82, 2.24) is 20.7 Å². The maximum Gasteiger partial charge on any atom is 0.252 e. The molecule has 0 aliphatic carbocycles. The van der Waals surface area contributed by atoms with Crippen molar-refractivity contribution in [2.45, 2.75) is 32.9 Å². The van der Waals surface area contributed by atoms with Gasteiger partial charge in [0.2, 0.25) is 0 Å². The van der Waals surface area contributed by atoms with Gasteiger partial charge in [0, 0.05) is 5.56 Å². The number of halogens is 1. The molecule has 0 bridgehead atoms. The Bertz CT molecular complexity index is 908. The molecule has 0 radical (unpaired) electrons. The van der Waals surface area contributed by atoms with Gasteiger partial charge in [0.1, 0.15) is 17.5 Å². The Kier molecular flexibility index (Phi) is 5.76. The summed E-state index contributed by atoms with van der Waals surface area (Å²) >= 11 is 6.26. The second kappa shape index (κ2) is 8.22. The Hall–Kier alpha value is -2.86. The van der Waals surface area contributed by atoms with Crippen molar-refractivity contribution >= 4 is 17.5 Å². The smallest absolute Gasteiger partial charge is 0.252 e. The summed E-state index contributed by atoms with van der Waals surface area (Å²) in [5.41, 5.74) is 3.11. The lowest BCUT2D eigenvalue weighted by Crippen LogP contribution is -2.29. The molecule has 1 aromatic heterocycles. The summed E-state index contributed by atoms with van der Waals surface area (Å²) < 4.78 is 5.61. The van der Waals surface area contributed by atoms with Crippen molar-refractivity contribution in [3.63, 3.8) is 0 Å². The molecule has 0 fully saturated rings. The van der Waals surface area contributed by atoms with E-state index >= 15 is 0 Å². The molecule has 140 valence electrons. The summed E-state index contributed by atoms with van der Waals surface area (Å²) in [6, 6.07) is 12.5. The van der Waals surface area contributed by atoms with Crippen LogP contribution in [-0.2, 0) is 0 Å². The predicted molar refractivity (Wildman–Crippen MR) is 104 cm³/mol. The molecule has 2 aromatic carbocycles. The Balaban J connectivity index is 1.84. The van der Waals surface area contributed by atoms with Crippen molar-refractivity contribution in [3.05, 3.63) is 76.1 Å². The third kappa shape index (κ3) is 4.65. The fourth-order valence-corrected chi connectivity index (χ4v) is 2.87. The fourth-order valence-electron chi connectivity index (χ4n) is 2.64. The molecule has 0 spiro atoms. The van der Waals surface area contributed by atoms with Gasteiger partial charge in [-0.05, 0) is 44.5 Å². The van der Waals surface area contributed by atoms with Crippen molar-refractivity contribution in [2.24, 2.45) is 0 Å². The zero-order valence-corrected chi connectivity index (χ0v) is 16.1. The lowest BCUT2D eigenvalue weighted by Gasteiger charge is -2.18. The Morgan fingerprint density at radius 1 is 1.19 bits per heavy atom. The molecule has 7 heteroatoms. The largest absolute Gasteiger partial charge is 0.489 e. The van der Waals surface area contributed by atoms with E-state index in [0.29, 0.717) is 22.0 Å². The quantitative estimate of drug-likeness (QED) is 0.671. The van der Waals surface area contributed by atoms with Crippen molar-refractivity contribution in [2.75, 3.05) is 0 Å². The number of ether oxygens (including phenoxy) is 1. The van der Waals surface area contributed by atoms with E-state index in [0.717, 1.165) is 11.1 Å². The van der Waals surface area contributed by atoms with Crippen LogP contribution in [0.15, 0.2) is 48.7 Å². The molecule has 3 aromatic rings. The first kappa shape index (κ1) is 18.9. The Morgan fingerprint density at radius 2 is 1.93 bits per heavy atom. The van der Waals surface area contributed by atoms with E-state index < -0.39 is 6.04 Å². The molecule has 1 heterocycles. The number of amides is 1. The zero-order chi connectivity index (χ0) is 19.4. The third-order valence-corrected chi connectivity index (χ3v) is 4.27. The molecule has 2 N–H and O–H groups in total. The van der Waals surface area contributed by atoms with E-state index in [1.807, 2.05) is 45.0 Å². The van der Waals surface area contributed by atoms with Gasteiger partial charge in [0.25, 0.3) is 5.91 Å². The van der Waals surface area contributed by atoms with Crippen LogP contribution < -0.4 is 10.1 Å². The molecule has 27 heavy (non-hydrogen) atoms. The minimum atomic E-state index is -0.429. The van der Waals surface area contributed by atoms with Gasteiger partial charge < -0.3 is 10.1 Å². The molecular formula is C20H21ClN4O2. The monoisotopic (exact) mass is 384 g/mol. The standard InChI is InChI=1S/C20H21ClN4O2/c1-12(2)27-18-9-8-15(10-16(18)21)20(26)23-19(17-11-22-25-24-17)14-6-4-13(3)5-7-14/h4-12,19H,1-3H3,(H,23,26)(H,22,24,25). The van der Waals surface area contributed by atoms with Gasteiger partial charge in [0.05, 0.1) is 17.3 Å². The van der Waals surface area contributed by atoms with Gasteiger partial charge in [-0.1, -0.05) is 41.4 Å². The Labute approximate surface area is 162 Å². The predicted octanol–water partition coefficient (Wildman–Crippen LogP) is 4.07. The van der Waals surface area contributed by atoms with Gasteiger partial charge >= 0.3 is 0 Å². The molecule has 0 aliphatic heterocycles. The highest BCUT2D eigenvalue weighted by Crippen LogP contribution is 2.27. The third-order valence-electron chi connectivity index (χ3n) is 3.97. The zero-order valence-electron chi connectivity index (χ0n) is 15.4. The molecule has 0 aliphatic rings. The summed E-state index contributed by atoms with van der Waals surface area (Å²) in [5.74, 6) is 0.288. The number of hydrogen-bond donors (Lipinski definition) is 2. The highest BCUT2D eigenvalue weighted by Gasteiger charge is 2.21. The van der Waals surface area contributed by atoms with Gasteiger partial charge in [-0.3, -0.25) is 4.79 Å². The lowest BCUT2D eigenvalue weighted by atomic mass is 10.0. The number of aryl methyl sites for hydroxylation is 1. The van der Waals surface area contributed by atoms with E-state index in [9.17, 15) is 4.79 Å². The topological polar surface area (TPSA) is 79.9 Å². The average Bonchev–Trinajstić information content (AvgIpc) is 3.16. The van der Waals surface area contributed by atoms with E-state index in [2.05, 4.69) is 20.7 Å². The second-order valence-corrected chi connectivity index (χ2v) is 6.93. The first-order valence-corrected chi connectivity index (χ1v) is 9.01. The summed E-state index contributed by atoms with van der Waals surface area (Å²) in [6.07, 6.45) is 1.59. The van der Waals surface area contributed by atoms with Crippen LogP contribution in [0.2, 0.25) is 5.02 Å². The van der Waals surface area contributed by atoms with Crippen LogP contribution in [0.1, 0.15) is 47.1 Å². The number of carbonyl (C=O) groups is 1. The normalized spacial score (nSPS) is 12.0. The summed E-state index contributed by atoms with van der Waals surface area (Å²) in [7, 11) is 0. The molecule has 0 saturated carbocycles. The summed E-state index contributed by atoms with van der Waals surface area (Å²) in [6.45, 7) is 5.85. The van der Waals surface area contributed by atoms with Crippen LogP contribution >= 0.6 is 11.6 Å². The molecule has 0 saturated heterocycles. The number of rotatable bonds is 6. The number of nitrogens with zero attached hydrogens (tertiary/aromatic N) is 2. The minimum absolute atomic E-state index is 0.000240. The maximum atomic E-state index is 12.8. The van der Waals surface area contributed by atoms with E-state index in [1.165, 1.54) is 0 Å². The number of nitrogens with one attached hydrogen (secondary N) is 2. The summed E-state index contributed by atoms with van der Waals surface area (Å²) in [4.78, 5) is 12.8. The first-order chi connectivity index (χ1) is 12.9. The van der Waals surface area contributed by atoms with Gasteiger partial charge in [-0.2, -0.15) is 15.4 Å². The fraction of sp³-hybridized carbons (Fsp3) is 0.250. The van der Waals surface area contributed by atoms with Crippen molar-refractivity contribution in [3.8, 4) is 5.75 Å². The first-order valence-electron chi connectivity index (χ1n) is 8.63. The lowest BCUT2D eigenvalue weighted by molar-refractivity contribution is 0.0942. The number of hydrogen-bond acceptors (Lipinski definition) is 4. The highest BCUT2D eigenvalue weighted by molar-refractivity contribution is 6.32.